The lowest BCUT2D eigenvalue weighted by molar-refractivity contribution is -0.167. The molecule has 174 valence electrons. The molecule has 2 amide bonds. The average Bonchev–Trinajstić information content (AvgIpc) is 3.04. The van der Waals surface area contributed by atoms with Crippen molar-refractivity contribution in [2.24, 2.45) is 5.92 Å². The number of hydrogen-bond donors (Lipinski definition) is 2. The Balaban J connectivity index is 1.53. The van der Waals surface area contributed by atoms with Crippen LogP contribution < -0.4 is 5.32 Å². The Morgan fingerprint density at radius 1 is 1.12 bits per heavy atom. The first-order valence-electron chi connectivity index (χ1n) is 10.6. The number of carboxylic acid groups (broad SMARTS) is 1. The highest BCUT2D eigenvalue weighted by Crippen LogP contribution is 2.42. The predicted molar refractivity (Wildman–Crippen MR) is 111 cm³/mol. The standard InChI is InChI=1S/C23H22F3N3O4/c1-12-8-15(2-5-18(12)24)28-20(30)13-6-7-27-19(11-13)23(25,26)22(33)29-16-3-4-17(29)10-14(9-16)21(31)32/h2,5-8,11,14,16-17H,3-4,9-10H2,1H3,(H,28,30)(H,31,32)/t14-,16-,17+. The molecule has 1 aromatic carbocycles. The number of benzene rings is 1. The van der Waals surface area contributed by atoms with Crippen molar-refractivity contribution in [3.63, 3.8) is 0 Å². The van der Waals surface area contributed by atoms with Gasteiger partial charge in [0.25, 0.3) is 11.8 Å². The van der Waals surface area contributed by atoms with Gasteiger partial charge >= 0.3 is 11.9 Å². The van der Waals surface area contributed by atoms with Gasteiger partial charge < -0.3 is 15.3 Å². The minimum Gasteiger partial charge on any atom is -0.481 e. The molecular weight excluding hydrogens is 439 g/mol. The number of amides is 2. The van der Waals surface area contributed by atoms with Crippen LogP contribution in [0.2, 0.25) is 0 Å². The summed E-state index contributed by atoms with van der Waals surface area (Å²) in [5.74, 6) is -8.21. The molecule has 2 aliphatic heterocycles. The van der Waals surface area contributed by atoms with E-state index in [1.807, 2.05) is 0 Å². The Bertz CT molecular complexity index is 1110. The van der Waals surface area contributed by atoms with Gasteiger partial charge in [-0.05, 0) is 68.5 Å². The van der Waals surface area contributed by atoms with E-state index in [0.717, 1.165) is 17.2 Å². The first kappa shape index (κ1) is 22.8. The highest BCUT2D eigenvalue weighted by atomic mass is 19.3. The van der Waals surface area contributed by atoms with Gasteiger partial charge in [-0.1, -0.05) is 0 Å². The Labute approximate surface area is 187 Å². The molecule has 10 heteroatoms. The summed E-state index contributed by atoms with van der Waals surface area (Å²) in [7, 11) is 0. The smallest absolute Gasteiger partial charge is 0.366 e. The van der Waals surface area contributed by atoms with E-state index in [2.05, 4.69) is 10.3 Å². The summed E-state index contributed by atoms with van der Waals surface area (Å²) in [4.78, 5) is 41.5. The van der Waals surface area contributed by atoms with Crippen molar-refractivity contribution < 1.29 is 32.7 Å². The van der Waals surface area contributed by atoms with Crippen molar-refractivity contribution >= 4 is 23.5 Å². The number of nitrogens with zero attached hydrogens (tertiary/aromatic N) is 2. The van der Waals surface area contributed by atoms with Crippen molar-refractivity contribution in [1.29, 1.82) is 0 Å². The van der Waals surface area contributed by atoms with Crippen LogP contribution in [0.25, 0.3) is 0 Å². The quantitative estimate of drug-likeness (QED) is 0.707. The Morgan fingerprint density at radius 3 is 2.39 bits per heavy atom. The van der Waals surface area contributed by atoms with Crippen molar-refractivity contribution in [2.45, 2.75) is 50.6 Å². The third-order valence-electron chi connectivity index (χ3n) is 6.35. The zero-order valence-electron chi connectivity index (χ0n) is 17.7. The number of aromatic nitrogens is 1. The van der Waals surface area contributed by atoms with Crippen molar-refractivity contribution in [2.75, 3.05) is 5.32 Å². The number of aliphatic carboxylic acids is 1. The molecule has 33 heavy (non-hydrogen) atoms. The number of pyridine rings is 1. The van der Waals surface area contributed by atoms with Gasteiger partial charge in [0.15, 0.2) is 0 Å². The van der Waals surface area contributed by atoms with Crippen LogP contribution in [0.1, 0.15) is 47.3 Å². The highest BCUT2D eigenvalue weighted by molar-refractivity contribution is 6.04. The molecule has 1 aromatic heterocycles. The number of anilines is 1. The molecule has 0 aliphatic carbocycles. The van der Waals surface area contributed by atoms with Crippen LogP contribution in [0.15, 0.2) is 36.5 Å². The van der Waals surface area contributed by atoms with Crippen LogP contribution in [0, 0.1) is 18.7 Å². The number of piperidine rings is 1. The normalized spacial score (nSPS) is 22.2. The first-order chi connectivity index (χ1) is 15.6. The zero-order chi connectivity index (χ0) is 23.9. The van der Waals surface area contributed by atoms with E-state index in [9.17, 15) is 23.9 Å². The average molecular weight is 461 g/mol. The molecule has 2 aliphatic rings. The van der Waals surface area contributed by atoms with Gasteiger partial charge in [0.05, 0.1) is 5.92 Å². The maximum Gasteiger partial charge on any atom is 0.366 e. The van der Waals surface area contributed by atoms with Crippen molar-refractivity contribution in [3.05, 3.63) is 59.2 Å². The molecule has 2 bridgehead atoms. The maximum atomic E-state index is 15.2. The number of carbonyl (C=O) groups excluding carboxylic acids is 2. The number of carbonyl (C=O) groups is 3. The van der Waals surface area contributed by atoms with Crippen molar-refractivity contribution in [1.82, 2.24) is 9.88 Å². The lowest BCUT2D eigenvalue weighted by Gasteiger charge is -2.39. The second-order valence-corrected chi connectivity index (χ2v) is 8.53. The van der Waals surface area contributed by atoms with Gasteiger partial charge in [-0.3, -0.25) is 19.4 Å². The molecule has 4 rings (SSSR count). The zero-order valence-corrected chi connectivity index (χ0v) is 17.7. The third-order valence-corrected chi connectivity index (χ3v) is 6.35. The molecule has 0 spiro atoms. The minimum absolute atomic E-state index is 0.137. The van der Waals surface area contributed by atoms with Crippen LogP contribution in [0.4, 0.5) is 18.9 Å². The molecule has 2 aromatic rings. The molecule has 3 heterocycles. The summed E-state index contributed by atoms with van der Waals surface area (Å²) in [6.07, 6.45) is 2.25. The fourth-order valence-corrected chi connectivity index (χ4v) is 4.65. The molecule has 3 atom stereocenters. The Kier molecular flexibility index (Phi) is 5.85. The van der Waals surface area contributed by atoms with Crippen LogP contribution in [-0.4, -0.2) is 44.9 Å². The van der Waals surface area contributed by atoms with Crippen LogP contribution >= 0.6 is 0 Å². The minimum atomic E-state index is -3.99. The fraction of sp³-hybridized carbons (Fsp3) is 0.391. The van der Waals surface area contributed by atoms with Gasteiger partial charge in [-0.15, -0.1) is 0 Å². The van der Waals surface area contributed by atoms with Gasteiger partial charge in [0.1, 0.15) is 11.5 Å². The summed E-state index contributed by atoms with van der Waals surface area (Å²) in [6.45, 7) is 1.52. The fourth-order valence-electron chi connectivity index (χ4n) is 4.65. The summed E-state index contributed by atoms with van der Waals surface area (Å²) < 4.78 is 43.8. The second kappa shape index (κ2) is 8.49. The molecule has 7 nitrogen and oxygen atoms in total. The maximum absolute atomic E-state index is 15.2. The van der Waals surface area contributed by atoms with Gasteiger partial charge in [0.2, 0.25) is 0 Å². The van der Waals surface area contributed by atoms with E-state index in [-0.39, 0.29) is 24.1 Å². The van der Waals surface area contributed by atoms with E-state index in [1.165, 1.54) is 31.2 Å². The molecule has 0 saturated carbocycles. The van der Waals surface area contributed by atoms with E-state index in [0.29, 0.717) is 18.4 Å². The van der Waals surface area contributed by atoms with Gasteiger partial charge in [0, 0.05) is 29.5 Å². The number of aryl methyl sites for hydroxylation is 1. The molecule has 2 N–H and O–H groups in total. The molecular formula is C23H22F3N3O4. The number of alkyl halides is 2. The third kappa shape index (κ3) is 4.29. The number of nitrogens with one attached hydrogen (secondary N) is 1. The molecule has 0 unspecified atom stereocenters. The largest absolute Gasteiger partial charge is 0.481 e. The van der Waals surface area contributed by atoms with Crippen LogP contribution in [0.3, 0.4) is 0 Å². The SMILES string of the molecule is Cc1cc(NC(=O)c2ccnc(C(F)(F)C(=O)N3[C@@H]4CC[C@H]3C[C@H](C(=O)O)C4)c2)ccc1F. The number of fused-ring (bicyclic) bond motifs is 2. The number of carboxylic acids is 1. The highest BCUT2D eigenvalue weighted by Gasteiger charge is 2.53. The van der Waals surface area contributed by atoms with Crippen molar-refractivity contribution in [3.8, 4) is 0 Å². The second-order valence-electron chi connectivity index (χ2n) is 8.53. The lowest BCUT2D eigenvalue weighted by atomic mass is 9.90. The molecule has 2 saturated heterocycles. The summed E-state index contributed by atoms with van der Waals surface area (Å²) in [6, 6.07) is 4.90. The van der Waals surface area contributed by atoms with Gasteiger partial charge in [-0.2, -0.15) is 8.78 Å². The van der Waals surface area contributed by atoms with E-state index < -0.39 is 53.2 Å². The predicted octanol–water partition coefficient (Wildman–Crippen LogP) is 3.73. The molecule has 0 radical (unpaired) electrons. The number of halogens is 3. The summed E-state index contributed by atoms with van der Waals surface area (Å²) in [5.41, 5.74) is -0.406. The first-order valence-corrected chi connectivity index (χ1v) is 10.6. The summed E-state index contributed by atoms with van der Waals surface area (Å²) in [5, 5.41) is 11.8. The Hall–Kier alpha value is -3.43. The van der Waals surface area contributed by atoms with Crippen LogP contribution in [0.5, 0.6) is 0 Å². The van der Waals surface area contributed by atoms with E-state index >= 15 is 8.78 Å². The number of rotatable bonds is 5. The lowest BCUT2D eigenvalue weighted by Crippen LogP contribution is -2.52. The monoisotopic (exact) mass is 461 g/mol. The van der Waals surface area contributed by atoms with E-state index in [1.54, 1.807) is 0 Å². The number of hydrogen-bond acceptors (Lipinski definition) is 4. The Morgan fingerprint density at radius 2 is 1.79 bits per heavy atom. The van der Waals surface area contributed by atoms with E-state index in [4.69, 9.17) is 0 Å². The molecule has 2 fully saturated rings. The topological polar surface area (TPSA) is 99.6 Å². The van der Waals surface area contributed by atoms with Crippen LogP contribution in [-0.2, 0) is 15.5 Å². The van der Waals surface area contributed by atoms with Gasteiger partial charge in [-0.25, -0.2) is 4.39 Å². The summed E-state index contributed by atoms with van der Waals surface area (Å²) >= 11 is 0.